The summed E-state index contributed by atoms with van der Waals surface area (Å²) in [4.78, 5) is 8.43. The van der Waals surface area contributed by atoms with E-state index in [-0.39, 0.29) is 11.3 Å². The first kappa shape index (κ1) is 20.6. The van der Waals surface area contributed by atoms with Crippen LogP contribution in [-0.2, 0) is 16.6 Å². The minimum Gasteiger partial charge on any atom is -0.484 e. The van der Waals surface area contributed by atoms with Crippen molar-refractivity contribution in [2.75, 3.05) is 14.1 Å². The van der Waals surface area contributed by atoms with Gasteiger partial charge in [-0.05, 0) is 17.7 Å². The van der Waals surface area contributed by atoms with Gasteiger partial charge in [0.25, 0.3) is 5.69 Å². The number of rotatable bonds is 6. The lowest BCUT2D eigenvalue weighted by Crippen LogP contribution is -2.25. The number of hydrogen-bond acceptors (Lipinski definition) is 5. The summed E-state index contributed by atoms with van der Waals surface area (Å²) in [7, 11) is -2.76. The maximum Gasteiger partial charge on any atom is 0.269 e. The molecular formula is C15H12F4N2O5S. The van der Waals surface area contributed by atoms with Gasteiger partial charge in [-0.25, -0.2) is 25.9 Å². The van der Waals surface area contributed by atoms with Crippen LogP contribution in [0.15, 0.2) is 29.2 Å². The van der Waals surface area contributed by atoms with Gasteiger partial charge in [0.1, 0.15) is 6.61 Å². The number of nitro benzene ring substituents is 1. The van der Waals surface area contributed by atoms with Gasteiger partial charge < -0.3 is 4.74 Å². The smallest absolute Gasteiger partial charge is 0.269 e. The van der Waals surface area contributed by atoms with Crippen LogP contribution in [0.5, 0.6) is 5.75 Å². The lowest BCUT2D eigenvalue weighted by Gasteiger charge is -2.18. The van der Waals surface area contributed by atoms with Crippen LogP contribution >= 0.6 is 0 Å². The third kappa shape index (κ3) is 3.85. The van der Waals surface area contributed by atoms with Crippen LogP contribution in [0.4, 0.5) is 23.2 Å². The highest BCUT2D eigenvalue weighted by Crippen LogP contribution is 2.35. The predicted octanol–water partition coefficient (Wildman–Crippen LogP) is 2.98. The number of halogens is 4. The molecule has 0 saturated carbocycles. The van der Waals surface area contributed by atoms with Crippen molar-refractivity contribution in [3.05, 3.63) is 63.2 Å². The summed E-state index contributed by atoms with van der Waals surface area (Å²) in [6, 6.07) is 4.62. The van der Waals surface area contributed by atoms with Crippen LogP contribution in [0.25, 0.3) is 0 Å². The summed E-state index contributed by atoms with van der Waals surface area (Å²) in [5, 5.41) is 10.6. The first-order valence-corrected chi connectivity index (χ1v) is 8.57. The third-order valence-corrected chi connectivity index (χ3v) is 5.29. The van der Waals surface area contributed by atoms with E-state index in [9.17, 15) is 36.1 Å². The molecule has 0 unspecified atom stereocenters. The second-order valence-electron chi connectivity index (χ2n) is 5.41. The summed E-state index contributed by atoms with van der Waals surface area (Å²) in [5.41, 5.74) is -0.0435. The molecule has 0 atom stereocenters. The van der Waals surface area contributed by atoms with E-state index in [0.717, 1.165) is 26.2 Å². The van der Waals surface area contributed by atoms with E-state index in [0.29, 0.717) is 4.31 Å². The Morgan fingerprint density at radius 3 is 2.00 bits per heavy atom. The minimum atomic E-state index is -4.72. The van der Waals surface area contributed by atoms with Crippen molar-refractivity contribution in [2.24, 2.45) is 0 Å². The van der Waals surface area contributed by atoms with Gasteiger partial charge in [-0.15, -0.1) is 0 Å². The van der Waals surface area contributed by atoms with Crippen molar-refractivity contribution in [1.82, 2.24) is 4.31 Å². The molecule has 0 N–H and O–H groups in total. The van der Waals surface area contributed by atoms with Crippen LogP contribution in [0, 0.1) is 33.4 Å². The molecular weight excluding hydrogens is 396 g/mol. The number of nitro groups is 1. The largest absolute Gasteiger partial charge is 0.484 e. The van der Waals surface area contributed by atoms with Gasteiger partial charge in [0.2, 0.25) is 21.7 Å². The fraction of sp³-hybridized carbons (Fsp3) is 0.200. The van der Waals surface area contributed by atoms with E-state index in [1.54, 1.807) is 0 Å². The van der Waals surface area contributed by atoms with Crippen molar-refractivity contribution < 1.29 is 35.6 Å². The van der Waals surface area contributed by atoms with Crippen LogP contribution in [-0.4, -0.2) is 31.7 Å². The molecule has 27 heavy (non-hydrogen) atoms. The molecule has 0 saturated heterocycles. The van der Waals surface area contributed by atoms with E-state index in [4.69, 9.17) is 4.74 Å². The van der Waals surface area contributed by atoms with Crippen molar-refractivity contribution in [2.45, 2.75) is 11.5 Å². The van der Waals surface area contributed by atoms with Crippen molar-refractivity contribution >= 4 is 15.7 Å². The third-order valence-electron chi connectivity index (χ3n) is 3.45. The number of ether oxygens (including phenoxy) is 1. The van der Waals surface area contributed by atoms with E-state index in [1.807, 2.05) is 0 Å². The number of benzene rings is 2. The van der Waals surface area contributed by atoms with Gasteiger partial charge in [0.15, 0.2) is 22.3 Å². The second kappa shape index (κ2) is 7.48. The topological polar surface area (TPSA) is 89.8 Å². The SMILES string of the molecule is CN(C)S(=O)(=O)c1c(F)c(F)c(F)c(F)c1OCc1ccc([N+](=O)[O-])cc1. The van der Waals surface area contributed by atoms with Crippen molar-refractivity contribution in [3.8, 4) is 5.75 Å². The number of hydrogen-bond donors (Lipinski definition) is 0. The van der Waals surface area contributed by atoms with E-state index < -0.39 is 55.5 Å². The Labute approximate surface area is 151 Å². The van der Waals surface area contributed by atoms with Gasteiger partial charge >= 0.3 is 0 Å². The lowest BCUT2D eigenvalue weighted by atomic mass is 10.2. The van der Waals surface area contributed by atoms with Gasteiger partial charge in [0, 0.05) is 26.2 Å². The highest BCUT2D eigenvalue weighted by molar-refractivity contribution is 7.89. The molecule has 7 nitrogen and oxygen atoms in total. The fourth-order valence-corrected chi connectivity index (χ4v) is 3.07. The summed E-state index contributed by atoms with van der Waals surface area (Å²) in [6.45, 7) is -0.588. The highest BCUT2D eigenvalue weighted by Gasteiger charge is 2.35. The van der Waals surface area contributed by atoms with Gasteiger partial charge in [-0.2, -0.15) is 4.39 Å². The molecule has 0 heterocycles. The quantitative estimate of drug-likeness (QED) is 0.241. The second-order valence-corrected chi connectivity index (χ2v) is 7.50. The average molecular weight is 408 g/mol. The standard InChI is InChI=1S/C15H12F4N2O5S/c1-20(2)27(24,25)15-13(19)11(17)10(16)12(18)14(15)26-7-8-3-5-9(6-4-8)21(22)23/h3-6H,7H2,1-2H3. The zero-order chi connectivity index (χ0) is 20.5. The van der Waals surface area contributed by atoms with Gasteiger partial charge in [-0.3, -0.25) is 10.1 Å². The number of non-ortho nitro benzene ring substituents is 1. The van der Waals surface area contributed by atoms with Crippen molar-refractivity contribution in [1.29, 1.82) is 0 Å². The maximum absolute atomic E-state index is 14.1. The molecule has 0 aromatic heterocycles. The number of nitrogens with zero attached hydrogens (tertiary/aromatic N) is 2. The van der Waals surface area contributed by atoms with Crippen LogP contribution < -0.4 is 4.74 Å². The molecule has 0 spiro atoms. The zero-order valence-corrected chi connectivity index (χ0v) is 14.7. The van der Waals surface area contributed by atoms with Crippen LogP contribution in [0.2, 0.25) is 0 Å². The Bertz CT molecular complexity index is 995. The first-order valence-electron chi connectivity index (χ1n) is 7.13. The van der Waals surface area contributed by atoms with E-state index in [1.165, 1.54) is 12.1 Å². The Kier molecular flexibility index (Phi) is 5.70. The minimum absolute atomic E-state index is 0.207. The predicted molar refractivity (Wildman–Crippen MR) is 84.6 cm³/mol. The maximum atomic E-state index is 14.1. The molecule has 0 fully saturated rings. The molecule has 0 radical (unpaired) electrons. The van der Waals surface area contributed by atoms with Crippen LogP contribution in [0.3, 0.4) is 0 Å². The van der Waals surface area contributed by atoms with Gasteiger partial charge in [0.05, 0.1) is 4.92 Å². The summed E-state index contributed by atoms with van der Waals surface area (Å²) in [5.74, 6) is -10.0. The molecule has 2 aromatic rings. The summed E-state index contributed by atoms with van der Waals surface area (Å²) < 4.78 is 85.0. The molecule has 0 aliphatic heterocycles. The Morgan fingerprint density at radius 2 is 1.52 bits per heavy atom. The molecule has 2 rings (SSSR count). The molecule has 0 amide bonds. The van der Waals surface area contributed by atoms with Gasteiger partial charge in [-0.1, -0.05) is 0 Å². The normalized spacial score (nSPS) is 11.7. The van der Waals surface area contributed by atoms with E-state index in [2.05, 4.69) is 0 Å². The lowest BCUT2D eigenvalue weighted by molar-refractivity contribution is -0.384. The molecule has 2 aromatic carbocycles. The molecule has 0 aliphatic carbocycles. The monoisotopic (exact) mass is 408 g/mol. The average Bonchev–Trinajstić information content (AvgIpc) is 2.61. The molecule has 146 valence electrons. The molecule has 12 heteroatoms. The Balaban J connectivity index is 2.51. The number of sulfonamides is 1. The van der Waals surface area contributed by atoms with Crippen LogP contribution in [0.1, 0.15) is 5.56 Å². The van der Waals surface area contributed by atoms with E-state index >= 15 is 0 Å². The van der Waals surface area contributed by atoms with Crippen molar-refractivity contribution in [3.63, 3.8) is 0 Å². The highest BCUT2D eigenvalue weighted by atomic mass is 32.2. The zero-order valence-electron chi connectivity index (χ0n) is 13.9. The summed E-state index contributed by atoms with van der Waals surface area (Å²) in [6.07, 6.45) is 0. The molecule has 0 bridgehead atoms. The first-order chi connectivity index (χ1) is 12.5. The Hall–Kier alpha value is -2.73. The Morgan fingerprint density at radius 1 is 1.00 bits per heavy atom. The molecule has 0 aliphatic rings. The summed E-state index contributed by atoms with van der Waals surface area (Å²) >= 11 is 0. The fourth-order valence-electron chi connectivity index (χ4n) is 2.00.